The Hall–Kier alpha value is -2.63. The predicted octanol–water partition coefficient (Wildman–Crippen LogP) is 2.90. The van der Waals surface area contributed by atoms with E-state index in [0.29, 0.717) is 24.1 Å². The molecule has 0 aliphatic heterocycles. The molecule has 2 fully saturated rings. The van der Waals surface area contributed by atoms with Gasteiger partial charge in [0.05, 0.1) is 6.54 Å². The van der Waals surface area contributed by atoms with Crippen LogP contribution in [-0.2, 0) is 6.54 Å². The zero-order valence-corrected chi connectivity index (χ0v) is 13.3. The summed E-state index contributed by atoms with van der Waals surface area (Å²) in [5.74, 6) is 2.51. The minimum atomic E-state index is -0.0789. The molecule has 2 aromatic heterocycles. The average molecular weight is 321 g/mol. The summed E-state index contributed by atoms with van der Waals surface area (Å²) in [6, 6.07) is 8.23. The first kappa shape index (κ1) is 13.8. The van der Waals surface area contributed by atoms with Gasteiger partial charge in [0.15, 0.2) is 5.82 Å². The lowest BCUT2D eigenvalue weighted by Gasteiger charge is -2.09. The van der Waals surface area contributed by atoms with Gasteiger partial charge in [0, 0.05) is 29.2 Å². The van der Waals surface area contributed by atoms with Gasteiger partial charge in [-0.1, -0.05) is 6.07 Å². The van der Waals surface area contributed by atoms with Crippen molar-refractivity contribution < 1.29 is 4.79 Å². The fraction of sp³-hybridized carbons (Fsp3) is 0.389. The van der Waals surface area contributed by atoms with Crippen LogP contribution in [0.25, 0.3) is 10.9 Å². The normalized spacial score (nSPS) is 17.3. The van der Waals surface area contributed by atoms with Gasteiger partial charge in [-0.2, -0.15) is 0 Å². The van der Waals surface area contributed by atoms with Gasteiger partial charge in [-0.3, -0.25) is 4.79 Å². The molecule has 3 aromatic rings. The highest BCUT2D eigenvalue weighted by molar-refractivity contribution is 5.97. The number of benzene rings is 1. The third kappa shape index (κ3) is 2.38. The van der Waals surface area contributed by atoms with Crippen LogP contribution < -0.4 is 5.32 Å². The fourth-order valence-electron chi connectivity index (χ4n) is 3.26. The first-order chi connectivity index (χ1) is 11.8. The molecule has 0 radical (unpaired) electrons. The van der Waals surface area contributed by atoms with E-state index in [2.05, 4.69) is 25.1 Å². The van der Waals surface area contributed by atoms with Crippen LogP contribution >= 0.6 is 0 Å². The zero-order valence-electron chi connectivity index (χ0n) is 13.3. The molecule has 0 spiro atoms. The summed E-state index contributed by atoms with van der Waals surface area (Å²) in [4.78, 5) is 15.6. The number of nitrogens with zero attached hydrogens (tertiary/aromatic N) is 3. The van der Waals surface area contributed by atoms with Crippen molar-refractivity contribution in [1.82, 2.24) is 25.1 Å². The molecule has 2 N–H and O–H groups in total. The molecule has 0 bridgehead atoms. The number of aromatic nitrogens is 4. The molecule has 0 saturated heterocycles. The third-order valence-electron chi connectivity index (χ3n) is 4.87. The summed E-state index contributed by atoms with van der Waals surface area (Å²) in [6.45, 7) is 0.428. The van der Waals surface area contributed by atoms with E-state index < -0.39 is 0 Å². The quantitative estimate of drug-likeness (QED) is 0.758. The van der Waals surface area contributed by atoms with Crippen molar-refractivity contribution in [2.45, 2.75) is 44.2 Å². The molecule has 6 heteroatoms. The Morgan fingerprint density at radius 1 is 1.21 bits per heavy atom. The van der Waals surface area contributed by atoms with Crippen molar-refractivity contribution >= 4 is 16.8 Å². The molecular weight excluding hydrogens is 302 g/mol. The van der Waals surface area contributed by atoms with E-state index in [0.717, 1.165) is 22.6 Å². The minimum Gasteiger partial charge on any atom is -0.361 e. The lowest BCUT2D eigenvalue weighted by Crippen LogP contribution is -2.25. The summed E-state index contributed by atoms with van der Waals surface area (Å²) < 4.78 is 2.27. The van der Waals surface area contributed by atoms with Gasteiger partial charge in [-0.25, -0.2) is 0 Å². The van der Waals surface area contributed by atoms with Gasteiger partial charge in [0.25, 0.3) is 5.91 Å². The van der Waals surface area contributed by atoms with Crippen LogP contribution in [0.4, 0.5) is 0 Å². The number of fused-ring (bicyclic) bond motifs is 1. The molecule has 5 rings (SSSR count). The van der Waals surface area contributed by atoms with E-state index in [1.165, 1.54) is 25.7 Å². The smallest absolute Gasteiger partial charge is 0.251 e. The summed E-state index contributed by atoms with van der Waals surface area (Å²) >= 11 is 0. The molecule has 2 heterocycles. The zero-order chi connectivity index (χ0) is 16.1. The Morgan fingerprint density at radius 2 is 2.08 bits per heavy atom. The first-order valence-corrected chi connectivity index (χ1v) is 8.58. The molecule has 0 atom stereocenters. The van der Waals surface area contributed by atoms with Crippen molar-refractivity contribution in [3.63, 3.8) is 0 Å². The Kier molecular flexibility index (Phi) is 2.98. The number of carbonyl (C=O) groups excluding carboxylic acids is 1. The Balaban J connectivity index is 1.34. The predicted molar refractivity (Wildman–Crippen MR) is 89.7 cm³/mol. The average Bonchev–Trinajstić information content (AvgIpc) is 3.53. The van der Waals surface area contributed by atoms with E-state index in [4.69, 9.17) is 0 Å². The molecule has 1 aromatic carbocycles. The molecule has 2 aliphatic carbocycles. The minimum absolute atomic E-state index is 0.0789. The molecule has 6 nitrogen and oxygen atoms in total. The van der Waals surface area contributed by atoms with E-state index in [-0.39, 0.29) is 5.91 Å². The van der Waals surface area contributed by atoms with Gasteiger partial charge < -0.3 is 14.9 Å². The molecule has 0 unspecified atom stereocenters. The highest BCUT2D eigenvalue weighted by Gasteiger charge is 2.36. The Morgan fingerprint density at radius 3 is 2.88 bits per heavy atom. The SMILES string of the molecule is O=C(NCc1nnc(C2CC2)n1C1CC1)c1ccc2cc[nH]c2c1. The standard InChI is InChI=1S/C18H19N5O/c24-18(13-4-1-11-7-8-19-15(11)9-13)20-10-16-21-22-17(12-2-3-12)23(16)14-5-6-14/h1,4,7-9,12,14,19H,2-3,5-6,10H2,(H,20,24). The molecule has 24 heavy (non-hydrogen) atoms. The number of nitrogens with one attached hydrogen (secondary N) is 2. The fourth-order valence-corrected chi connectivity index (χ4v) is 3.26. The van der Waals surface area contributed by atoms with Crippen molar-refractivity contribution in [3.05, 3.63) is 47.7 Å². The molecule has 122 valence electrons. The lowest BCUT2D eigenvalue weighted by atomic mass is 10.1. The highest BCUT2D eigenvalue weighted by atomic mass is 16.1. The summed E-state index contributed by atoms with van der Waals surface area (Å²) in [5, 5.41) is 12.8. The van der Waals surface area contributed by atoms with Gasteiger partial charge in [-0.05, 0) is 49.3 Å². The van der Waals surface area contributed by atoms with Crippen LogP contribution in [0.1, 0.15) is 59.6 Å². The second-order valence-electron chi connectivity index (χ2n) is 6.81. The second kappa shape index (κ2) is 5.19. The maximum Gasteiger partial charge on any atom is 0.251 e. The Labute approximate surface area is 139 Å². The van der Waals surface area contributed by atoms with E-state index in [1.54, 1.807) is 0 Å². The maximum absolute atomic E-state index is 12.5. The van der Waals surface area contributed by atoms with Crippen molar-refractivity contribution in [1.29, 1.82) is 0 Å². The summed E-state index contributed by atoms with van der Waals surface area (Å²) in [5.41, 5.74) is 1.63. The summed E-state index contributed by atoms with van der Waals surface area (Å²) in [7, 11) is 0. The van der Waals surface area contributed by atoms with Crippen LogP contribution in [-0.4, -0.2) is 25.7 Å². The largest absolute Gasteiger partial charge is 0.361 e. The number of rotatable bonds is 5. The van der Waals surface area contributed by atoms with Crippen molar-refractivity contribution in [2.24, 2.45) is 0 Å². The van der Waals surface area contributed by atoms with Crippen LogP contribution in [0, 0.1) is 0 Å². The number of amides is 1. The lowest BCUT2D eigenvalue weighted by molar-refractivity contribution is 0.0949. The van der Waals surface area contributed by atoms with Crippen molar-refractivity contribution in [3.8, 4) is 0 Å². The highest BCUT2D eigenvalue weighted by Crippen LogP contribution is 2.44. The molecule has 1 amide bonds. The monoisotopic (exact) mass is 321 g/mol. The van der Waals surface area contributed by atoms with Gasteiger partial charge in [0.2, 0.25) is 0 Å². The number of hydrogen-bond acceptors (Lipinski definition) is 3. The molecule has 2 aliphatic rings. The third-order valence-corrected chi connectivity index (χ3v) is 4.87. The van der Waals surface area contributed by atoms with Crippen LogP contribution in [0.15, 0.2) is 30.5 Å². The van der Waals surface area contributed by atoms with Gasteiger partial charge in [0.1, 0.15) is 5.82 Å². The second-order valence-corrected chi connectivity index (χ2v) is 6.81. The van der Waals surface area contributed by atoms with Gasteiger partial charge >= 0.3 is 0 Å². The van der Waals surface area contributed by atoms with E-state index >= 15 is 0 Å². The van der Waals surface area contributed by atoms with Gasteiger partial charge in [-0.15, -0.1) is 10.2 Å². The van der Waals surface area contributed by atoms with Crippen LogP contribution in [0.3, 0.4) is 0 Å². The van der Waals surface area contributed by atoms with E-state index in [1.807, 2.05) is 30.5 Å². The molecule has 2 saturated carbocycles. The number of H-pyrrole nitrogens is 1. The van der Waals surface area contributed by atoms with Crippen LogP contribution in [0.5, 0.6) is 0 Å². The number of carbonyl (C=O) groups is 1. The first-order valence-electron chi connectivity index (χ1n) is 8.58. The maximum atomic E-state index is 12.5. The van der Waals surface area contributed by atoms with Crippen LogP contribution in [0.2, 0.25) is 0 Å². The topological polar surface area (TPSA) is 75.6 Å². The van der Waals surface area contributed by atoms with Crippen molar-refractivity contribution in [2.75, 3.05) is 0 Å². The number of aromatic amines is 1. The summed E-state index contributed by atoms with van der Waals surface area (Å²) in [6.07, 6.45) is 6.70. The molecular formula is C18H19N5O. The number of hydrogen-bond donors (Lipinski definition) is 2. The van der Waals surface area contributed by atoms with E-state index in [9.17, 15) is 4.79 Å². The Bertz CT molecular complexity index is 917.